The van der Waals surface area contributed by atoms with Crippen LogP contribution in [0.15, 0.2) is 6.20 Å². The minimum atomic E-state index is 0.409. The van der Waals surface area contributed by atoms with Gasteiger partial charge in [-0.15, -0.1) is 5.10 Å². The summed E-state index contributed by atoms with van der Waals surface area (Å²) in [4.78, 5) is 0. The van der Waals surface area contributed by atoms with E-state index in [1.54, 1.807) is 0 Å². The summed E-state index contributed by atoms with van der Waals surface area (Å²) in [7, 11) is 0. The molecule has 1 heterocycles. The molecule has 4 nitrogen and oxygen atoms in total. The second-order valence-electron chi connectivity index (χ2n) is 5.90. The van der Waals surface area contributed by atoms with Crippen LogP contribution in [-0.2, 0) is 6.54 Å². The fourth-order valence-corrected chi connectivity index (χ4v) is 2.83. The molecule has 1 aromatic rings. The van der Waals surface area contributed by atoms with Crippen LogP contribution in [0.25, 0.3) is 0 Å². The molecule has 21 heavy (non-hydrogen) atoms. The van der Waals surface area contributed by atoms with Crippen molar-refractivity contribution >= 4 is 0 Å². The van der Waals surface area contributed by atoms with E-state index in [1.807, 2.05) is 6.20 Å². The Morgan fingerprint density at radius 1 is 1.00 bits per heavy atom. The van der Waals surface area contributed by atoms with Crippen LogP contribution in [0.3, 0.4) is 0 Å². The smallest absolute Gasteiger partial charge is 0.0756 e. The van der Waals surface area contributed by atoms with Gasteiger partial charge in [0.1, 0.15) is 0 Å². The van der Waals surface area contributed by atoms with Gasteiger partial charge in [-0.3, -0.25) is 0 Å². The van der Waals surface area contributed by atoms with Gasteiger partial charge in [-0.1, -0.05) is 70.9 Å². The second kappa shape index (κ2) is 11.7. The van der Waals surface area contributed by atoms with E-state index < -0.39 is 0 Å². The summed E-state index contributed by atoms with van der Waals surface area (Å²) in [5, 5.41) is 11.9. The highest BCUT2D eigenvalue weighted by molar-refractivity contribution is 5.02. The molecule has 1 N–H and O–H groups in total. The fourth-order valence-electron chi connectivity index (χ4n) is 2.83. The summed E-state index contributed by atoms with van der Waals surface area (Å²) in [6.07, 6.45) is 13.8. The molecule has 1 unspecified atom stereocenters. The maximum Gasteiger partial charge on any atom is 0.0756 e. The number of nitrogens with one attached hydrogen (secondary N) is 1. The lowest BCUT2D eigenvalue weighted by Gasteiger charge is -2.18. The van der Waals surface area contributed by atoms with E-state index in [-0.39, 0.29) is 0 Å². The van der Waals surface area contributed by atoms with Gasteiger partial charge in [0.2, 0.25) is 0 Å². The number of unbranched alkanes of at least 4 members (excludes halogenated alkanes) is 6. The number of rotatable bonds is 13. The SMILES string of the molecule is CCCCCCCCCC(NCC)c1cnnn1CCC. The Balaban J connectivity index is 2.34. The van der Waals surface area contributed by atoms with Crippen molar-refractivity contribution in [1.82, 2.24) is 20.3 Å². The monoisotopic (exact) mass is 294 g/mol. The van der Waals surface area contributed by atoms with Gasteiger partial charge in [0.15, 0.2) is 0 Å². The van der Waals surface area contributed by atoms with Gasteiger partial charge in [0.05, 0.1) is 17.9 Å². The maximum atomic E-state index is 4.21. The quantitative estimate of drug-likeness (QED) is 0.545. The van der Waals surface area contributed by atoms with Crippen molar-refractivity contribution in [3.8, 4) is 0 Å². The molecule has 0 aliphatic heterocycles. The zero-order chi connectivity index (χ0) is 15.3. The van der Waals surface area contributed by atoms with E-state index in [2.05, 4.69) is 41.1 Å². The second-order valence-corrected chi connectivity index (χ2v) is 5.90. The van der Waals surface area contributed by atoms with Gasteiger partial charge in [-0.05, 0) is 19.4 Å². The lowest BCUT2D eigenvalue weighted by Crippen LogP contribution is -2.24. The molecular formula is C17H34N4. The van der Waals surface area contributed by atoms with Crippen LogP contribution in [0.5, 0.6) is 0 Å². The lowest BCUT2D eigenvalue weighted by atomic mass is 10.0. The first-order chi connectivity index (χ1) is 10.3. The molecular weight excluding hydrogens is 260 g/mol. The number of aromatic nitrogens is 3. The molecule has 0 aliphatic rings. The average molecular weight is 294 g/mol. The van der Waals surface area contributed by atoms with Crippen LogP contribution in [0, 0.1) is 0 Å². The largest absolute Gasteiger partial charge is 0.309 e. The standard InChI is InChI=1S/C17H34N4/c1-4-7-8-9-10-11-12-13-16(18-6-3)17-15-19-20-21(17)14-5-2/h15-16,18H,4-14H2,1-3H3. The molecule has 1 atom stereocenters. The molecule has 0 saturated carbocycles. The van der Waals surface area contributed by atoms with Gasteiger partial charge in [-0.2, -0.15) is 0 Å². The number of hydrogen-bond acceptors (Lipinski definition) is 3. The van der Waals surface area contributed by atoms with E-state index >= 15 is 0 Å². The highest BCUT2D eigenvalue weighted by Crippen LogP contribution is 2.20. The van der Waals surface area contributed by atoms with Gasteiger partial charge in [-0.25, -0.2) is 4.68 Å². The highest BCUT2D eigenvalue weighted by atomic mass is 15.4. The van der Waals surface area contributed by atoms with Gasteiger partial charge in [0.25, 0.3) is 0 Å². The molecule has 0 saturated heterocycles. The molecule has 0 spiro atoms. The topological polar surface area (TPSA) is 42.7 Å². The summed E-state index contributed by atoms with van der Waals surface area (Å²) in [5.41, 5.74) is 1.25. The van der Waals surface area contributed by atoms with E-state index in [9.17, 15) is 0 Å². The minimum Gasteiger partial charge on any atom is -0.309 e. The molecule has 1 aromatic heterocycles. The van der Waals surface area contributed by atoms with Crippen molar-refractivity contribution in [2.75, 3.05) is 6.54 Å². The van der Waals surface area contributed by atoms with E-state index in [1.165, 1.54) is 57.1 Å². The molecule has 0 aromatic carbocycles. The van der Waals surface area contributed by atoms with E-state index in [0.717, 1.165) is 19.5 Å². The van der Waals surface area contributed by atoms with Crippen LogP contribution >= 0.6 is 0 Å². The van der Waals surface area contributed by atoms with Crippen LogP contribution in [0.1, 0.15) is 90.3 Å². The Morgan fingerprint density at radius 2 is 1.71 bits per heavy atom. The molecule has 0 radical (unpaired) electrons. The summed E-state index contributed by atoms with van der Waals surface area (Å²) in [5.74, 6) is 0. The molecule has 0 amide bonds. The average Bonchev–Trinajstić information content (AvgIpc) is 2.94. The van der Waals surface area contributed by atoms with Gasteiger partial charge < -0.3 is 5.32 Å². The molecule has 0 bridgehead atoms. The van der Waals surface area contributed by atoms with Crippen LogP contribution in [0.4, 0.5) is 0 Å². The Hall–Kier alpha value is -0.900. The van der Waals surface area contributed by atoms with Crippen molar-refractivity contribution in [2.45, 2.75) is 91.1 Å². The van der Waals surface area contributed by atoms with Crippen molar-refractivity contribution in [3.63, 3.8) is 0 Å². The van der Waals surface area contributed by atoms with Gasteiger partial charge >= 0.3 is 0 Å². The van der Waals surface area contributed by atoms with Crippen molar-refractivity contribution < 1.29 is 0 Å². The molecule has 0 fully saturated rings. The highest BCUT2D eigenvalue weighted by Gasteiger charge is 2.15. The Labute approximate surface area is 130 Å². The molecule has 0 aliphatic carbocycles. The van der Waals surface area contributed by atoms with E-state index in [0.29, 0.717) is 6.04 Å². The minimum absolute atomic E-state index is 0.409. The normalized spacial score (nSPS) is 12.7. The number of aryl methyl sites for hydroxylation is 1. The third-order valence-corrected chi connectivity index (χ3v) is 3.99. The fraction of sp³-hybridized carbons (Fsp3) is 0.882. The van der Waals surface area contributed by atoms with E-state index in [4.69, 9.17) is 0 Å². The van der Waals surface area contributed by atoms with Crippen LogP contribution in [0.2, 0.25) is 0 Å². The molecule has 122 valence electrons. The Kier molecular flexibility index (Phi) is 10.1. The number of hydrogen-bond donors (Lipinski definition) is 1. The Morgan fingerprint density at radius 3 is 2.38 bits per heavy atom. The zero-order valence-corrected chi connectivity index (χ0v) is 14.3. The van der Waals surface area contributed by atoms with Crippen molar-refractivity contribution in [1.29, 1.82) is 0 Å². The first-order valence-electron chi connectivity index (χ1n) is 8.95. The van der Waals surface area contributed by atoms with Crippen LogP contribution in [-0.4, -0.2) is 21.5 Å². The van der Waals surface area contributed by atoms with Crippen molar-refractivity contribution in [3.05, 3.63) is 11.9 Å². The summed E-state index contributed by atoms with van der Waals surface area (Å²) >= 11 is 0. The third kappa shape index (κ3) is 7.07. The summed E-state index contributed by atoms with van der Waals surface area (Å²) in [6, 6.07) is 0.409. The first-order valence-corrected chi connectivity index (χ1v) is 8.95. The predicted molar refractivity (Wildman–Crippen MR) is 89.3 cm³/mol. The summed E-state index contributed by atoms with van der Waals surface area (Å²) in [6.45, 7) is 8.59. The first kappa shape index (κ1) is 18.1. The zero-order valence-electron chi connectivity index (χ0n) is 14.3. The predicted octanol–water partition coefficient (Wildman–Crippen LogP) is 4.48. The molecule has 4 heteroatoms. The maximum absolute atomic E-state index is 4.21. The lowest BCUT2D eigenvalue weighted by molar-refractivity contribution is 0.434. The van der Waals surface area contributed by atoms with Gasteiger partial charge in [0, 0.05) is 6.54 Å². The number of nitrogens with zero attached hydrogens (tertiary/aromatic N) is 3. The van der Waals surface area contributed by atoms with Crippen LogP contribution < -0.4 is 5.32 Å². The third-order valence-electron chi connectivity index (χ3n) is 3.99. The summed E-state index contributed by atoms with van der Waals surface area (Å²) < 4.78 is 2.06. The van der Waals surface area contributed by atoms with Crippen molar-refractivity contribution in [2.24, 2.45) is 0 Å². The Bertz CT molecular complexity index is 348. The molecule has 1 rings (SSSR count).